The fraction of sp³-hybridized carbons (Fsp3) is 0.944. The molecule has 0 saturated carbocycles. The van der Waals surface area contributed by atoms with E-state index >= 15 is 0 Å². The smallest absolute Gasteiger partial charge is 0.379 e. The molecule has 0 aromatic heterocycles. The minimum absolute atomic E-state index is 0. The molecule has 0 aliphatic carbocycles. The first-order chi connectivity index (χ1) is 12.9. The van der Waals surface area contributed by atoms with Gasteiger partial charge in [0.1, 0.15) is 6.04 Å². The van der Waals surface area contributed by atoms with Crippen molar-refractivity contribution in [1.29, 1.82) is 0 Å². The van der Waals surface area contributed by atoms with Gasteiger partial charge in [-0.2, -0.15) is 13.2 Å². The molecule has 0 aromatic carbocycles. The molecule has 0 radical (unpaired) electrons. The summed E-state index contributed by atoms with van der Waals surface area (Å²) in [5, 5.41) is 3.24. The number of nitrogens with one attached hydrogen (secondary N) is 1. The normalized spacial score (nSPS) is 22.8. The van der Waals surface area contributed by atoms with Crippen molar-refractivity contribution < 1.29 is 22.6 Å². The summed E-state index contributed by atoms with van der Waals surface area (Å²) in [5.41, 5.74) is 0. The third-order valence-electron chi connectivity index (χ3n) is 5.01. The summed E-state index contributed by atoms with van der Waals surface area (Å²) in [5.74, 6) is 0.774. The van der Waals surface area contributed by atoms with Gasteiger partial charge >= 0.3 is 6.18 Å². The predicted octanol–water partition coefficient (Wildman–Crippen LogP) is 2.72. The molecule has 28 heavy (non-hydrogen) atoms. The minimum atomic E-state index is -4.18. The second kappa shape index (κ2) is 13.1. The molecule has 6 nitrogen and oxygen atoms in total. The Labute approximate surface area is 183 Å². The molecule has 10 heteroatoms. The van der Waals surface area contributed by atoms with Crippen LogP contribution in [0.3, 0.4) is 0 Å². The molecule has 1 N–H and O–H groups in total. The van der Waals surface area contributed by atoms with E-state index in [1.807, 2.05) is 11.8 Å². The summed E-state index contributed by atoms with van der Waals surface area (Å²) in [4.78, 5) is 8.13. The van der Waals surface area contributed by atoms with E-state index < -0.39 is 12.2 Å². The van der Waals surface area contributed by atoms with Crippen LogP contribution in [0.2, 0.25) is 0 Å². The van der Waals surface area contributed by atoms with Gasteiger partial charge in [-0.3, -0.25) is 9.89 Å². The highest BCUT2D eigenvalue weighted by Crippen LogP contribution is 2.25. The van der Waals surface area contributed by atoms with Crippen molar-refractivity contribution in [3.63, 3.8) is 0 Å². The zero-order valence-electron chi connectivity index (χ0n) is 16.8. The molecule has 2 heterocycles. The largest absolute Gasteiger partial charge is 0.403 e. The lowest BCUT2D eigenvalue weighted by molar-refractivity contribution is -0.181. The van der Waals surface area contributed by atoms with Gasteiger partial charge in [-0.1, -0.05) is 0 Å². The second-order valence-corrected chi connectivity index (χ2v) is 7.04. The van der Waals surface area contributed by atoms with Crippen LogP contribution in [0.5, 0.6) is 0 Å². The van der Waals surface area contributed by atoms with Crippen LogP contribution < -0.4 is 5.32 Å². The fourth-order valence-corrected chi connectivity index (χ4v) is 3.30. The van der Waals surface area contributed by atoms with Crippen molar-refractivity contribution in [3.8, 4) is 0 Å². The van der Waals surface area contributed by atoms with E-state index in [1.54, 1.807) is 0 Å². The van der Waals surface area contributed by atoms with Crippen molar-refractivity contribution in [3.05, 3.63) is 0 Å². The topological polar surface area (TPSA) is 49.3 Å². The number of ether oxygens (including phenoxy) is 2. The van der Waals surface area contributed by atoms with Crippen LogP contribution in [0.1, 0.15) is 33.1 Å². The number of guanidine groups is 1. The summed E-state index contributed by atoms with van der Waals surface area (Å²) >= 11 is 0. The van der Waals surface area contributed by atoms with Crippen LogP contribution in [0.15, 0.2) is 4.99 Å². The van der Waals surface area contributed by atoms with E-state index in [0.717, 1.165) is 38.4 Å². The Morgan fingerprint density at radius 2 is 2.00 bits per heavy atom. The maximum atomic E-state index is 12.9. The van der Waals surface area contributed by atoms with Crippen molar-refractivity contribution in [2.45, 2.75) is 51.4 Å². The molecule has 2 atom stereocenters. The maximum absolute atomic E-state index is 12.9. The molecule has 2 rings (SSSR count). The lowest BCUT2D eigenvalue weighted by Crippen LogP contribution is -2.56. The maximum Gasteiger partial charge on any atom is 0.403 e. The van der Waals surface area contributed by atoms with E-state index in [4.69, 9.17) is 9.47 Å². The molecule has 0 aromatic rings. The van der Waals surface area contributed by atoms with Crippen molar-refractivity contribution in [2.24, 2.45) is 4.99 Å². The number of halogens is 4. The van der Waals surface area contributed by atoms with Crippen LogP contribution in [0, 0.1) is 0 Å². The summed E-state index contributed by atoms with van der Waals surface area (Å²) in [7, 11) is 0. The Kier molecular flexibility index (Phi) is 12.0. The highest BCUT2D eigenvalue weighted by Gasteiger charge is 2.41. The minimum Gasteiger partial charge on any atom is -0.379 e. The van der Waals surface area contributed by atoms with Gasteiger partial charge in [-0.25, -0.2) is 0 Å². The molecule has 0 amide bonds. The van der Waals surface area contributed by atoms with Gasteiger partial charge in [0.2, 0.25) is 0 Å². The monoisotopic (exact) mass is 522 g/mol. The lowest BCUT2D eigenvalue weighted by Gasteiger charge is -2.39. The Hall–Kier alpha value is -0.330. The Morgan fingerprint density at radius 3 is 2.57 bits per heavy atom. The molecule has 0 bridgehead atoms. The van der Waals surface area contributed by atoms with Gasteiger partial charge < -0.3 is 19.7 Å². The Bertz CT molecular complexity index is 455. The average Bonchev–Trinajstić information content (AvgIpc) is 3.16. The van der Waals surface area contributed by atoms with Crippen molar-refractivity contribution in [1.82, 2.24) is 15.1 Å². The summed E-state index contributed by atoms with van der Waals surface area (Å²) in [6.07, 6.45) is -0.945. The second-order valence-electron chi connectivity index (χ2n) is 7.04. The third kappa shape index (κ3) is 8.58. The van der Waals surface area contributed by atoms with E-state index in [0.29, 0.717) is 45.9 Å². The number of rotatable bonds is 8. The molecule has 166 valence electrons. The van der Waals surface area contributed by atoms with E-state index in [1.165, 1.54) is 11.8 Å². The van der Waals surface area contributed by atoms with E-state index in [-0.39, 0.29) is 30.1 Å². The highest BCUT2D eigenvalue weighted by atomic mass is 127. The summed E-state index contributed by atoms with van der Waals surface area (Å²) in [6.45, 7) is 8.55. The molecular weight excluding hydrogens is 488 g/mol. The quantitative estimate of drug-likeness (QED) is 0.230. The van der Waals surface area contributed by atoms with Crippen LogP contribution >= 0.6 is 24.0 Å². The third-order valence-corrected chi connectivity index (χ3v) is 5.01. The molecular formula is C18H34F3IN4O2. The van der Waals surface area contributed by atoms with Crippen molar-refractivity contribution >= 4 is 29.9 Å². The number of nitrogens with zero attached hydrogens (tertiary/aromatic N) is 3. The van der Waals surface area contributed by atoms with Gasteiger partial charge in [-0.15, -0.1) is 24.0 Å². The fourth-order valence-electron chi connectivity index (χ4n) is 3.30. The number of hydrogen-bond donors (Lipinski definition) is 1. The highest BCUT2D eigenvalue weighted by molar-refractivity contribution is 14.0. The zero-order valence-corrected chi connectivity index (χ0v) is 19.2. The van der Waals surface area contributed by atoms with E-state index in [9.17, 15) is 13.2 Å². The van der Waals surface area contributed by atoms with Crippen molar-refractivity contribution in [2.75, 3.05) is 59.1 Å². The Morgan fingerprint density at radius 1 is 1.29 bits per heavy atom. The van der Waals surface area contributed by atoms with Gasteiger partial charge in [0.05, 0.1) is 12.7 Å². The molecule has 2 fully saturated rings. The number of hydrogen-bond acceptors (Lipinski definition) is 4. The number of piperazine rings is 1. The molecule has 2 aliphatic heterocycles. The standard InChI is InChI=1S/C18H33F3N4O2.HI/c1-3-22-17(23-7-5-12-26-14-16-6-4-13-27-16)25-10-8-24(9-11-25)15(2)18(19,20)21;/h15-16H,3-14H2,1-2H3,(H,22,23);1H. The molecule has 2 aliphatic rings. The number of aliphatic imine (C=N–C) groups is 1. The first-order valence-corrected chi connectivity index (χ1v) is 9.95. The molecule has 2 unspecified atom stereocenters. The van der Waals surface area contributed by atoms with Gasteiger partial charge in [0.15, 0.2) is 5.96 Å². The number of alkyl halides is 3. The van der Waals surface area contributed by atoms with E-state index in [2.05, 4.69) is 10.3 Å². The van der Waals surface area contributed by atoms with Gasteiger partial charge in [0.25, 0.3) is 0 Å². The summed E-state index contributed by atoms with van der Waals surface area (Å²) < 4.78 is 49.7. The summed E-state index contributed by atoms with van der Waals surface area (Å²) in [6, 6.07) is -1.40. The first kappa shape index (κ1) is 25.7. The van der Waals surface area contributed by atoms with Gasteiger partial charge in [0, 0.05) is 52.5 Å². The Balaban J connectivity index is 0.00000392. The van der Waals surface area contributed by atoms with Gasteiger partial charge in [-0.05, 0) is 33.1 Å². The first-order valence-electron chi connectivity index (χ1n) is 9.95. The SMILES string of the molecule is CCNC(=NCCCOCC1CCCO1)N1CCN(C(C)C(F)(F)F)CC1.I. The molecule has 2 saturated heterocycles. The van der Waals surface area contributed by atoms with Crippen LogP contribution in [0.4, 0.5) is 13.2 Å². The lowest BCUT2D eigenvalue weighted by atomic mass is 10.2. The zero-order chi connectivity index (χ0) is 19.7. The van der Waals surface area contributed by atoms with Crippen LogP contribution in [-0.4, -0.2) is 93.2 Å². The van der Waals surface area contributed by atoms with Crippen LogP contribution in [0.25, 0.3) is 0 Å². The van der Waals surface area contributed by atoms with Crippen LogP contribution in [-0.2, 0) is 9.47 Å². The molecule has 0 spiro atoms. The average molecular weight is 522 g/mol. The predicted molar refractivity (Wildman–Crippen MR) is 114 cm³/mol.